The summed E-state index contributed by atoms with van der Waals surface area (Å²) in [6.45, 7) is 4.23. The Bertz CT molecular complexity index is 419. The van der Waals surface area contributed by atoms with Gasteiger partial charge in [0.05, 0.1) is 5.75 Å². The fraction of sp³-hybridized carbons (Fsp3) is 0.562. The van der Waals surface area contributed by atoms with E-state index in [1.807, 2.05) is 0 Å². The quantitative estimate of drug-likeness (QED) is 0.741. The number of hydrogen-bond acceptors (Lipinski definition) is 2. The summed E-state index contributed by atoms with van der Waals surface area (Å²) >= 11 is 1.71. The maximum Gasteiger partial charge on any atom is 0.146 e. The van der Waals surface area contributed by atoms with E-state index in [-0.39, 0.29) is 0 Å². The van der Waals surface area contributed by atoms with Gasteiger partial charge in [-0.2, -0.15) is 0 Å². The highest BCUT2D eigenvalue weighted by molar-refractivity contribution is 8.00. The van der Waals surface area contributed by atoms with Crippen molar-refractivity contribution in [2.45, 2.75) is 50.8 Å². The summed E-state index contributed by atoms with van der Waals surface area (Å²) < 4.78 is 0. The number of thioether (sulfide) groups is 1. The van der Waals surface area contributed by atoms with Gasteiger partial charge in [-0.25, -0.2) is 0 Å². The van der Waals surface area contributed by atoms with Gasteiger partial charge < -0.3 is 0 Å². The topological polar surface area (TPSA) is 17.1 Å². The SMILES string of the molecule is Cc1ccc(SCC(=O)C2CCCCC2)c(C)c1. The Morgan fingerprint density at radius 2 is 1.94 bits per heavy atom. The predicted molar refractivity (Wildman–Crippen MR) is 78.2 cm³/mol. The largest absolute Gasteiger partial charge is 0.298 e. The van der Waals surface area contributed by atoms with Crippen LogP contribution in [0.5, 0.6) is 0 Å². The molecular weight excluding hydrogens is 240 g/mol. The van der Waals surface area contributed by atoms with E-state index < -0.39 is 0 Å². The van der Waals surface area contributed by atoms with Gasteiger partial charge in [0.15, 0.2) is 0 Å². The molecule has 1 fully saturated rings. The molecule has 1 aromatic carbocycles. The van der Waals surface area contributed by atoms with E-state index in [1.54, 1.807) is 11.8 Å². The molecule has 0 bridgehead atoms. The second-order valence-electron chi connectivity index (χ2n) is 5.36. The van der Waals surface area contributed by atoms with E-state index in [2.05, 4.69) is 32.0 Å². The summed E-state index contributed by atoms with van der Waals surface area (Å²) in [7, 11) is 0. The lowest BCUT2D eigenvalue weighted by atomic mass is 9.87. The summed E-state index contributed by atoms with van der Waals surface area (Å²) in [4.78, 5) is 13.4. The van der Waals surface area contributed by atoms with E-state index in [4.69, 9.17) is 0 Å². The highest BCUT2D eigenvalue weighted by Crippen LogP contribution is 2.28. The molecule has 18 heavy (non-hydrogen) atoms. The first-order valence-electron chi connectivity index (χ1n) is 6.89. The molecule has 2 rings (SSSR count). The minimum atomic E-state index is 0.344. The zero-order valence-corrected chi connectivity index (χ0v) is 12.2. The highest BCUT2D eigenvalue weighted by atomic mass is 32.2. The van der Waals surface area contributed by atoms with Gasteiger partial charge in [-0.15, -0.1) is 11.8 Å². The standard InChI is InChI=1S/C16H22OS/c1-12-8-9-16(13(2)10-12)18-11-15(17)14-6-4-3-5-7-14/h8-10,14H,3-7,11H2,1-2H3. The normalized spacial score (nSPS) is 16.8. The van der Waals surface area contributed by atoms with Crippen LogP contribution in [0.2, 0.25) is 0 Å². The van der Waals surface area contributed by atoms with Gasteiger partial charge in [0.25, 0.3) is 0 Å². The molecule has 0 saturated heterocycles. The molecule has 1 aliphatic rings. The van der Waals surface area contributed by atoms with Crippen LogP contribution in [0, 0.1) is 19.8 Å². The Morgan fingerprint density at radius 1 is 1.22 bits per heavy atom. The van der Waals surface area contributed by atoms with Crippen LogP contribution >= 0.6 is 11.8 Å². The number of rotatable bonds is 4. The second-order valence-corrected chi connectivity index (χ2v) is 6.38. The minimum absolute atomic E-state index is 0.344. The molecule has 0 radical (unpaired) electrons. The molecule has 98 valence electrons. The van der Waals surface area contributed by atoms with Crippen LogP contribution in [0.4, 0.5) is 0 Å². The third-order valence-electron chi connectivity index (χ3n) is 3.76. The van der Waals surface area contributed by atoms with E-state index in [0.29, 0.717) is 17.5 Å². The van der Waals surface area contributed by atoms with Crippen molar-refractivity contribution >= 4 is 17.5 Å². The third-order valence-corrected chi connectivity index (χ3v) is 4.96. The zero-order chi connectivity index (χ0) is 13.0. The molecule has 1 nitrogen and oxygen atoms in total. The molecule has 0 unspecified atom stereocenters. The Balaban J connectivity index is 1.88. The van der Waals surface area contributed by atoms with Gasteiger partial charge in [0.2, 0.25) is 0 Å². The highest BCUT2D eigenvalue weighted by Gasteiger charge is 2.20. The average Bonchev–Trinajstić information content (AvgIpc) is 2.38. The lowest BCUT2D eigenvalue weighted by molar-refractivity contribution is -0.121. The molecular formula is C16H22OS. The van der Waals surface area contributed by atoms with Crippen LogP contribution in [0.3, 0.4) is 0 Å². The Morgan fingerprint density at radius 3 is 2.61 bits per heavy atom. The van der Waals surface area contributed by atoms with E-state index >= 15 is 0 Å². The molecule has 1 saturated carbocycles. The van der Waals surface area contributed by atoms with Crippen molar-refractivity contribution in [1.82, 2.24) is 0 Å². The van der Waals surface area contributed by atoms with Gasteiger partial charge in [-0.05, 0) is 38.3 Å². The van der Waals surface area contributed by atoms with Crippen LogP contribution in [0.1, 0.15) is 43.2 Å². The maximum absolute atomic E-state index is 12.1. The fourth-order valence-corrected chi connectivity index (χ4v) is 3.64. The van der Waals surface area contributed by atoms with Gasteiger partial charge in [0, 0.05) is 10.8 Å². The van der Waals surface area contributed by atoms with Crippen molar-refractivity contribution in [3.8, 4) is 0 Å². The Kier molecular flexibility index (Phi) is 4.87. The van der Waals surface area contributed by atoms with E-state index in [0.717, 1.165) is 12.8 Å². The summed E-state index contributed by atoms with van der Waals surface area (Å²) in [5, 5.41) is 0. The molecule has 1 aliphatic carbocycles. The average molecular weight is 262 g/mol. The third kappa shape index (κ3) is 3.61. The van der Waals surface area contributed by atoms with Crippen LogP contribution in [-0.4, -0.2) is 11.5 Å². The van der Waals surface area contributed by atoms with Crippen molar-refractivity contribution in [2.75, 3.05) is 5.75 Å². The molecule has 0 aliphatic heterocycles. The van der Waals surface area contributed by atoms with Gasteiger partial charge in [0.1, 0.15) is 5.78 Å². The lowest BCUT2D eigenvalue weighted by Crippen LogP contribution is -2.19. The predicted octanol–water partition coefficient (Wildman–Crippen LogP) is 4.54. The number of benzene rings is 1. The summed E-state index contributed by atoms with van der Waals surface area (Å²) in [6.07, 6.45) is 6.03. The number of hydrogen-bond donors (Lipinski definition) is 0. The summed E-state index contributed by atoms with van der Waals surface area (Å²) in [5.41, 5.74) is 2.58. The van der Waals surface area contributed by atoms with Crippen LogP contribution in [0.15, 0.2) is 23.1 Å². The molecule has 0 aromatic heterocycles. The summed E-state index contributed by atoms with van der Waals surface area (Å²) in [5.74, 6) is 1.45. The van der Waals surface area contributed by atoms with Crippen molar-refractivity contribution in [2.24, 2.45) is 5.92 Å². The molecule has 0 amide bonds. The molecule has 1 aromatic rings. The molecule has 0 atom stereocenters. The first-order chi connectivity index (χ1) is 8.66. The first kappa shape index (κ1) is 13.7. The minimum Gasteiger partial charge on any atom is -0.298 e. The number of carbonyl (C=O) groups excluding carboxylic acids is 1. The van der Waals surface area contributed by atoms with E-state index in [1.165, 1.54) is 35.3 Å². The fourth-order valence-electron chi connectivity index (χ4n) is 2.65. The van der Waals surface area contributed by atoms with Gasteiger partial charge >= 0.3 is 0 Å². The van der Waals surface area contributed by atoms with Crippen molar-refractivity contribution < 1.29 is 4.79 Å². The van der Waals surface area contributed by atoms with Crippen molar-refractivity contribution in [3.05, 3.63) is 29.3 Å². The van der Waals surface area contributed by atoms with Crippen molar-refractivity contribution in [1.29, 1.82) is 0 Å². The van der Waals surface area contributed by atoms with Crippen LogP contribution in [0.25, 0.3) is 0 Å². The Hall–Kier alpha value is -0.760. The van der Waals surface area contributed by atoms with Gasteiger partial charge in [-0.1, -0.05) is 37.0 Å². The molecule has 0 N–H and O–H groups in total. The van der Waals surface area contributed by atoms with Crippen LogP contribution in [-0.2, 0) is 4.79 Å². The Labute approximate surface area is 114 Å². The lowest BCUT2D eigenvalue weighted by Gasteiger charge is -2.20. The monoisotopic (exact) mass is 262 g/mol. The number of aryl methyl sites for hydroxylation is 2. The molecule has 2 heteroatoms. The molecule has 0 heterocycles. The first-order valence-corrected chi connectivity index (χ1v) is 7.88. The zero-order valence-electron chi connectivity index (χ0n) is 11.4. The molecule has 0 spiro atoms. The van der Waals surface area contributed by atoms with E-state index in [9.17, 15) is 4.79 Å². The van der Waals surface area contributed by atoms with Crippen LogP contribution < -0.4 is 0 Å². The number of carbonyl (C=O) groups is 1. The number of Topliss-reactive ketones (excluding diaryl/α,β-unsaturated/α-hetero) is 1. The second kappa shape index (κ2) is 6.42. The maximum atomic E-state index is 12.1. The number of ketones is 1. The van der Waals surface area contributed by atoms with Crippen molar-refractivity contribution in [3.63, 3.8) is 0 Å². The smallest absolute Gasteiger partial charge is 0.146 e. The van der Waals surface area contributed by atoms with Gasteiger partial charge in [-0.3, -0.25) is 4.79 Å². The summed E-state index contributed by atoms with van der Waals surface area (Å²) in [6, 6.07) is 6.46.